The molecule has 1 aromatic heterocycles. The molecule has 3 rings (SSSR count). The number of para-hydroxylation sites is 1. The first-order chi connectivity index (χ1) is 9.54. The van der Waals surface area contributed by atoms with Crippen LogP contribution >= 0.6 is 11.3 Å². The summed E-state index contributed by atoms with van der Waals surface area (Å²) < 4.78 is 7.27. The van der Waals surface area contributed by atoms with Crippen molar-refractivity contribution in [3.8, 4) is 0 Å². The van der Waals surface area contributed by atoms with Gasteiger partial charge < -0.3 is 10.1 Å². The van der Waals surface area contributed by atoms with Crippen molar-refractivity contribution in [3.63, 3.8) is 0 Å². The van der Waals surface area contributed by atoms with Crippen LogP contribution in [0.1, 0.15) is 38.3 Å². The van der Waals surface area contributed by atoms with Crippen molar-refractivity contribution < 1.29 is 4.74 Å². The molecule has 4 heteroatoms. The second-order valence-electron chi connectivity index (χ2n) is 6.49. The van der Waals surface area contributed by atoms with Gasteiger partial charge in [0.1, 0.15) is 11.1 Å². The standard InChI is InChI=1S/C16H22N2OS/c1-16(2,3)14-8-9-19-12(10-17-14)15-18-11-6-4-5-7-13(11)20-15/h4-7,12,14,17H,8-10H2,1-3H3. The van der Waals surface area contributed by atoms with Crippen LogP contribution in [0.4, 0.5) is 0 Å². The Bertz CT molecular complexity index is 554. The molecular formula is C16H22N2OS. The van der Waals surface area contributed by atoms with Crippen molar-refractivity contribution in [1.29, 1.82) is 0 Å². The van der Waals surface area contributed by atoms with Crippen LogP contribution in [0.3, 0.4) is 0 Å². The largest absolute Gasteiger partial charge is 0.370 e. The van der Waals surface area contributed by atoms with E-state index >= 15 is 0 Å². The van der Waals surface area contributed by atoms with Crippen LogP contribution in [-0.4, -0.2) is 24.2 Å². The van der Waals surface area contributed by atoms with Gasteiger partial charge in [0.2, 0.25) is 0 Å². The average molecular weight is 290 g/mol. The normalized spacial score (nSPS) is 24.8. The monoisotopic (exact) mass is 290 g/mol. The third-order valence-electron chi connectivity index (χ3n) is 3.91. The number of nitrogens with one attached hydrogen (secondary N) is 1. The Labute approximate surface area is 124 Å². The fraction of sp³-hybridized carbons (Fsp3) is 0.562. The van der Waals surface area contributed by atoms with E-state index in [0.29, 0.717) is 6.04 Å². The number of nitrogens with zero attached hydrogens (tertiary/aromatic N) is 1. The molecule has 3 nitrogen and oxygen atoms in total. The van der Waals surface area contributed by atoms with Crippen LogP contribution in [0.15, 0.2) is 24.3 Å². The predicted octanol–water partition coefficient (Wildman–Crippen LogP) is 3.76. The van der Waals surface area contributed by atoms with Crippen LogP contribution in [-0.2, 0) is 4.74 Å². The highest BCUT2D eigenvalue weighted by molar-refractivity contribution is 7.18. The molecule has 2 atom stereocenters. The van der Waals surface area contributed by atoms with Gasteiger partial charge >= 0.3 is 0 Å². The van der Waals surface area contributed by atoms with Crippen LogP contribution in [0.2, 0.25) is 0 Å². The van der Waals surface area contributed by atoms with Crippen LogP contribution < -0.4 is 5.32 Å². The lowest BCUT2D eigenvalue weighted by molar-refractivity contribution is 0.0653. The van der Waals surface area contributed by atoms with Gasteiger partial charge in [0, 0.05) is 19.2 Å². The second kappa shape index (κ2) is 5.43. The van der Waals surface area contributed by atoms with E-state index in [2.05, 4.69) is 44.3 Å². The van der Waals surface area contributed by atoms with E-state index in [1.807, 2.05) is 6.07 Å². The van der Waals surface area contributed by atoms with Crippen molar-refractivity contribution >= 4 is 21.6 Å². The van der Waals surface area contributed by atoms with E-state index in [-0.39, 0.29) is 11.5 Å². The zero-order valence-corrected chi connectivity index (χ0v) is 13.2. The number of ether oxygens (including phenoxy) is 1. The van der Waals surface area contributed by atoms with Gasteiger partial charge in [0.25, 0.3) is 0 Å². The Morgan fingerprint density at radius 1 is 1.30 bits per heavy atom. The van der Waals surface area contributed by atoms with Gasteiger partial charge in [0.05, 0.1) is 10.2 Å². The maximum Gasteiger partial charge on any atom is 0.124 e. The fourth-order valence-corrected chi connectivity index (χ4v) is 3.68. The van der Waals surface area contributed by atoms with E-state index in [9.17, 15) is 0 Å². The van der Waals surface area contributed by atoms with Gasteiger partial charge in [-0.15, -0.1) is 11.3 Å². The van der Waals surface area contributed by atoms with Crippen molar-refractivity contribution in [2.45, 2.75) is 39.3 Å². The molecule has 0 radical (unpaired) electrons. The first-order valence-corrected chi connectivity index (χ1v) is 8.06. The van der Waals surface area contributed by atoms with Gasteiger partial charge in [-0.1, -0.05) is 32.9 Å². The molecule has 2 aromatic rings. The summed E-state index contributed by atoms with van der Waals surface area (Å²) in [6.07, 6.45) is 1.14. The fourth-order valence-electron chi connectivity index (χ4n) is 2.66. The Hall–Kier alpha value is -0.970. The van der Waals surface area contributed by atoms with Gasteiger partial charge in [0.15, 0.2) is 0 Å². The van der Waals surface area contributed by atoms with Gasteiger partial charge in [-0.3, -0.25) is 0 Å². The summed E-state index contributed by atoms with van der Waals surface area (Å²) in [7, 11) is 0. The highest BCUT2D eigenvalue weighted by Crippen LogP contribution is 2.31. The minimum absolute atomic E-state index is 0.0831. The van der Waals surface area contributed by atoms with E-state index < -0.39 is 0 Å². The lowest BCUT2D eigenvalue weighted by atomic mass is 9.85. The molecule has 2 heterocycles. The van der Waals surface area contributed by atoms with Crippen LogP contribution in [0, 0.1) is 5.41 Å². The lowest BCUT2D eigenvalue weighted by Gasteiger charge is -2.30. The molecule has 0 aliphatic carbocycles. The third-order valence-corrected chi connectivity index (χ3v) is 5.03. The zero-order valence-electron chi connectivity index (χ0n) is 12.3. The first kappa shape index (κ1) is 14.0. The van der Waals surface area contributed by atoms with Crippen molar-refractivity contribution in [1.82, 2.24) is 10.3 Å². The zero-order chi connectivity index (χ0) is 14.2. The summed E-state index contributed by atoms with van der Waals surface area (Å²) in [5.74, 6) is 0. The van der Waals surface area contributed by atoms with Gasteiger partial charge in [-0.25, -0.2) is 4.98 Å². The lowest BCUT2D eigenvalue weighted by Crippen LogP contribution is -2.40. The van der Waals surface area contributed by atoms with Crippen LogP contribution in [0.5, 0.6) is 0 Å². The number of hydrogen-bond donors (Lipinski definition) is 1. The number of rotatable bonds is 1. The highest BCUT2D eigenvalue weighted by Gasteiger charge is 2.29. The number of benzene rings is 1. The molecular weight excluding hydrogens is 268 g/mol. The molecule has 0 amide bonds. The van der Waals surface area contributed by atoms with E-state index in [1.165, 1.54) is 4.70 Å². The molecule has 108 valence electrons. The summed E-state index contributed by atoms with van der Waals surface area (Å²) in [5.41, 5.74) is 1.35. The third kappa shape index (κ3) is 2.87. The number of aromatic nitrogens is 1. The summed E-state index contributed by atoms with van der Waals surface area (Å²) in [6.45, 7) is 8.49. The summed E-state index contributed by atoms with van der Waals surface area (Å²) in [5, 5.41) is 4.75. The van der Waals surface area contributed by atoms with Crippen molar-refractivity contribution in [3.05, 3.63) is 29.3 Å². The van der Waals surface area contributed by atoms with E-state index in [4.69, 9.17) is 9.72 Å². The summed E-state index contributed by atoms with van der Waals surface area (Å²) in [4.78, 5) is 4.72. The number of thiazole rings is 1. The molecule has 1 N–H and O–H groups in total. The van der Waals surface area contributed by atoms with E-state index in [0.717, 1.165) is 30.1 Å². The number of hydrogen-bond acceptors (Lipinski definition) is 4. The smallest absolute Gasteiger partial charge is 0.124 e. The average Bonchev–Trinajstić information content (AvgIpc) is 2.65. The quantitative estimate of drug-likeness (QED) is 0.868. The minimum atomic E-state index is 0.0831. The maximum absolute atomic E-state index is 6.03. The molecule has 0 spiro atoms. The minimum Gasteiger partial charge on any atom is -0.370 e. The Kier molecular flexibility index (Phi) is 3.80. The van der Waals surface area contributed by atoms with Crippen LogP contribution in [0.25, 0.3) is 10.2 Å². The van der Waals surface area contributed by atoms with E-state index in [1.54, 1.807) is 11.3 Å². The molecule has 1 aliphatic rings. The van der Waals surface area contributed by atoms with Gasteiger partial charge in [-0.2, -0.15) is 0 Å². The molecule has 20 heavy (non-hydrogen) atoms. The Morgan fingerprint density at radius 2 is 2.10 bits per heavy atom. The highest BCUT2D eigenvalue weighted by atomic mass is 32.1. The van der Waals surface area contributed by atoms with Gasteiger partial charge in [-0.05, 0) is 24.0 Å². The molecule has 0 saturated carbocycles. The summed E-state index contributed by atoms with van der Waals surface area (Å²) in [6, 6.07) is 8.79. The Balaban J connectivity index is 1.77. The maximum atomic E-state index is 6.03. The molecule has 1 aliphatic heterocycles. The van der Waals surface area contributed by atoms with Crippen molar-refractivity contribution in [2.75, 3.05) is 13.2 Å². The second-order valence-corrected chi connectivity index (χ2v) is 7.56. The SMILES string of the molecule is CC(C)(C)C1CCOC(c2nc3ccccc3s2)CN1. The predicted molar refractivity (Wildman–Crippen MR) is 84.2 cm³/mol. The Morgan fingerprint density at radius 3 is 2.85 bits per heavy atom. The van der Waals surface area contributed by atoms with Crippen molar-refractivity contribution in [2.24, 2.45) is 5.41 Å². The topological polar surface area (TPSA) is 34.1 Å². The number of fused-ring (bicyclic) bond motifs is 1. The molecule has 1 fully saturated rings. The molecule has 1 aromatic carbocycles. The molecule has 0 bridgehead atoms. The molecule has 2 unspecified atom stereocenters. The summed E-state index contributed by atoms with van der Waals surface area (Å²) >= 11 is 1.75. The molecule has 1 saturated heterocycles. The first-order valence-electron chi connectivity index (χ1n) is 7.24.